The third kappa shape index (κ3) is 3.44. The number of nitrogens with zero attached hydrogens (tertiary/aromatic N) is 4. The number of ether oxygens (including phenoxy) is 2. The van der Waals surface area contributed by atoms with Crippen LogP contribution in [0.2, 0.25) is 0 Å². The number of nitriles is 1. The summed E-state index contributed by atoms with van der Waals surface area (Å²) in [5, 5.41) is 33.2. The predicted octanol–water partition coefficient (Wildman–Crippen LogP) is 2.80. The third-order valence-corrected chi connectivity index (χ3v) is 5.55. The van der Waals surface area contributed by atoms with Crippen LogP contribution < -0.4 is 19.7 Å². The molecule has 0 radical (unpaired) electrons. The lowest BCUT2D eigenvalue weighted by atomic mass is 10.1. The monoisotopic (exact) mass is 403 g/mol. The first kappa shape index (κ1) is 18.5. The second-order valence-electron chi connectivity index (χ2n) is 7.50. The zero-order valence-corrected chi connectivity index (χ0v) is 16.3. The van der Waals surface area contributed by atoms with Gasteiger partial charge in [0.15, 0.2) is 23.1 Å². The van der Waals surface area contributed by atoms with Gasteiger partial charge in [-0.2, -0.15) is 5.26 Å². The van der Waals surface area contributed by atoms with Crippen molar-refractivity contribution in [2.45, 2.75) is 25.5 Å². The highest BCUT2D eigenvalue weighted by Gasteiger charge is 2.21. The summed E-state index contributed by atoms with van der Waals surface area (Å²) in [4.78, 5) is 2.15. The van der Waals surface area contributed by atoms with E-state index in [1.807, 2.05) is 30.3 Å². The summed E-state index contributed by atoms with van der Waals surface area (Å²) in [6.45, 7) is 2.24. The van der Waals surface area contributed by atoms with Gasteiger partial charge in [0.25, 0.3) is 0 Å². The first-order valence-electron chi connectivity index (χ1n) is 9.97. The second-order valence-corrected chi connectivity index (χ2v) is 7.50. The maximum absolute atomic E-state index is 9.81. The molecular formula is C22H21N5O3. The van der Waals surface area contributed by atoms with Crippen molar-refractivity contribution in [3.8, 4) is 17.6 Å². The Morgan fingerprint density at radius 3 is 2.73 bits per heavy atom. The van der Waals surface area contributed by atoms with E-state index in [4.69, 9.17) is 9.47 Å². The molecule has 8 heteroatoms. The Morgan fingerprint density at radius 2 is 1.90 bits per heavy atom. The lowest BCUT2D eigenvalue weighted by Crippen LogP contribution is -2.36. The highest BCUT2D eigenvalue weighted by atomic mass is 16.7. The van der Waals surface area contributed by atoms with Crippen LogP contribution in [-0.4, -0.2) is 41.3 Å². The van der Waals surface area contributed by atoms with Gasteiger partial charge in [0.1, 0.15) is 0 Å². The van der Waals surface area contributed by atoms with Gasteiger partial charge >= 0.3 is 0 Å². The van der Waals surface area contributed by atoms with Crippen molar-refractivity contribution in [1.82, 2.24) is 10.2 Å². The Balaban J connectivity index is 1.46. The van der Waals surface area contributed by atoms with Crippen molar-refractivity contribution < 1.29 is 14.6 Å². The molecular weight excluding hydrogens is 382 g/mol. The summed E-state index contributed by atoms with van der Waals surface area (Å²) in [6.07, 6.45) is 1.17. The van der Waals surface area contributed by atoms with Crippen LogP contribution in [0.1, 0.15) is 24.0 Å². The number of rotatable bonds is 4. The van der Waals surface area contributed by atoms with Gasteiger partial charge in [-0.25, -0.2) is 0 Å². The predicted molar refractivity (Wildman–Crippen MR) is 112 cm³/mol. The number of benzene rings is 2. The van der Waals surface area contributed by atoms with Crippen LogP contribution >= 0.6 is 0 Å². The Kier molecular flexibility index (Phi) is 4.73. The number of piperidine rings is 1. The maximum Gasteiger partial charge on any atom is 0.231 e. The molecule has 2 N–H and O–H groups in total. The minimum atomic E-state index is -0.256. The summed E-state index contributed by atoms with van der Waals surface area (Å²) in [7, 11) is 0. The van der Waals surface area contributed by atoms with Gasteiger partial charge in [-0.3, -0.25) is 0 Å². The molecule has 0 atom stereocenters. The normalized spacial score (nSPS) is 15.9. The zero-order valence-electron chi connectivity index (χ0n) is 16.3. The van der Waals surface area contributed by atoms with Crippen LogP contribution in [-0.2, 0) is 6.54 Å². The summed E-state index contributed by atoms with van der Waals surface area (Å²) >= 11 is 0. The van der Waals surface area contributed by atoms with Gasteiger partial charge in [0.05, 0.1) is 17.7 Å². The Labute approximate surface area is 173 Å². The molecule has 0 spiro atoms. The summed E-state index contributed by atoms with van der Waals surface area (Å²) in [6, 6.07) is 13.6. The van der Waals surface area contributed by atoms with E-state index in [2.05, 4.69) is 26.5 Å². The number of aliphatic hydroxyl groups excluding tert-OH is 1. The molecule has 1 aromatic heterocycles. The smallest absolute Gasteiger partial charge is 0.231 e. The third-order valence-electron chi connectivity index (χ3n) is 5.55. The molecule has 2 aliphatic rings. The lowest BCUT2D eigenvalue weighted by molar-refractivity contribution is 0.145. The van der Waals surface area contributed by atoms with Crippen LogP contribution in [0.25, 0.3) is 10.8 Å². The van der Waals surface area contributed by atoms with E-state index >= 15 is 0 Å². The van der Waals surface area contributed by atoms with E-state index in [-0.39, 0.29) is 12.9 Å². The van der Waals surface area contributed by atoms with E-state index in [1.165, 1.54) is 0 Å². The minimum absolute atomic E-state index is 0.244. The molecule has 1 saturated heterocycles. The van der Waals surface area contributed by atoms with Crippen molar-refractivity contribution in [3.05, 3.63) is 47.5 Å². The fraction of sp³-hybridized carbons (Fsp3) is 0.318. The molecule has 3 heterocycles. The number of nitrogens with one attached hydrogen (secondary N) is 1. The lowest BCUT2D eigenvalue weighted by Gasteiger charge is -2.31. The topological polar surface area (TPSA) is 104 Å². The Morgan fingerprint density at radius 1 is 1.07 bits per heavy atom. The molecule has 2 aliphatic heterocycles. The molecule has 0 amide bonds. The van der Waals surface area contributed by atoms with Crippen LogP contribution in [0.5, 0.6) is 11.5 Å². The second kappa shape index (κ2) is 7.69. The zero-order chi connectivity index (χ0) is 20.5. The van der Waals surface area contributed by atoms with Crippen molar-refractivity contribution in [1.29, 1.82) is 5.26 Å². The van der Waals surface area contributed by atoms with Gasteiger partial charge < -0.3 is 24.8 Å². The van der Waals surface area contributed by atoms with Gasteiger partial charge in [-0.05, 0) is 48.7 Å². The fourth-order valence-electron chi connectivity index (χ4n) is 3.89. The fourth-order valence-corrected chi connectivity index (χ4v) is 3.89. The first-order chi connectivity index (χ1) is 14.7. The van der Waals surface area contributed by atoms with Gasteiger partial charge in [0, 0.05) is 30.4 Å². The molecule has 2 aromatic carbocycles. The van der Waals surface area contributed by atoms with Gasteiger partial charge in [-0.15, -0.1) is 10.2 Å². The largest absolute Gasteiger partial charge is 0.454 e. The number of hydrogen-bond donors (Lipinski definition) is 2. The van der Waals surface area contributed by atoms with E-state index in [1.54, 1.807) is 6.07 Å². The quantitative estimate of drug-likeness (QED) is 0.685. The molecule has 0 unspecified atom stereocenters. The van der Waals surface area contributed by atoms with Crippen molar-refractivity contribution in [2.24, 2.45) is 0 Å². The highest BCUT2D eigenvalue weighted by Crippen LogP contribution is 2.34. The van der Waals surface area contributed by atoms with Crippen molar-refractivity contribution >= 4 is 22.4 Å². The Bertz CT molecular complexity index is 1140. The number of anilines is 2. The molecule has 5 rings (SSSR count). The number of aliphatic hydroxyl groups is 1. The SMILES string of the molecule is N#Cc1ccc2c(N3CCC(O)CC3)nnc(NCc3ccc4c(c3)OCO4)c2c1. The summed E-state index contributed by atoms with van der Waals surface area (Å²) in [5.41, 5.74) is 1.60. The minimum Gasteiger partial charge on any atom is -0.454 e. The summed E-state index contributed by atoms with van der Waals surface area (Å²) < 4.78 is 10.8. The van der Waals surface area contributed by atoms with E-state index < -0.39 is 0 Å². The maximum atomic E-state index is 9.81. The highest BCUT2D eigenvalue weighted by molar-refractivity contribution is 5.99. The van der Waals surface area contributed by atoms with Gasteiger partial charge in [0.2, 0.25) is 6.79 Å². The van der Waals surface area contributed by atoms with Crippen LogP contribution in [0.4, 0.5) is 11.6 Å². The molecule has 3 aromatic rings. The molecule has 8 nitrogen and oxygen atoms in total. The summed E-state index contributed by atoms with van der Waals surface area (Å²) in [5.74, 6) is 2.90. The first-order valence-corrected chi connectivity index (χ1v) is 9.97. The molecule has 30 heavy (non-hydrogen) atoms. The van der Waals surface area contributed by atoms with E-state index in [0.29, 0.717) is 30.8 Å². The standard InChI is InChI=1S/C22H21N5O3/c23-11-14-1-3-17-18(9-14)21(25-26-22(17)27-7-5-16(28)6-8-27)24-12-15-2-4-19-20(10-15)30-13-29-19/h1-4,9-10,16,28H,5-8,12-13H2,(H,24,25). The average Bonchev–Trinajstić information content (AvgIpc) is 3.25. The van der Waals surface area contributed by atoms with E-state index in [0.717, 1.165) is 46.7 Å². The molecule has 152 valence electrons. The van der Waals surface area contributed by atoms with E-state index in [9.17, 15) is 10.4 Å². The Hall–Kier alpha value is -3.57. The average molecular weight is 403 g/mol. The molecule has 1 fully saturated rings. The molecule has 0 aliphatic carbocycles. The van der Waals surface area contributed by atoms with Crippen LogP contribution in [0.15, 0.2) is 36.4 Å². The van der Waals surface area contributed by atoms with Crippen LogP contribution in [0.3, 0.4) is 0 Å². The van der Waals surface area contributed by atoms with Gasteiger partial charge in [-0.1, -0.05) is 6.07 Å². The number of fused-ring (bicyclic) bond motifs is 2. The van der Waals surface area contributed by atoms with Crippen LogP contribution in [0, 0.1) is 11.3 Å². The number of hydrogen-bond acceptors (Lipinski definition) is 8. The molecule has 0 bridgehead atoms. The van der Waals surface area contributed by atoms with Crippen molar-refractivity contribution in [3.63, 3.8) is 0 Å². The van der Waals surface area contributed by atoms with Crippen molar-refractivity contribution in [2.75, 3.05) is 30.1 Å². The number of aromatic nitrogens is 2. The molecule has 0 saturated carbocycles.